The Bertz CT molecular complexity index is 408. The van der Waals surface area contributed by atoms with Gasteiger partial charge in [0.2, 0.25) is 0 Å². The van der Waals surface area contributed by atoms with Gasteiger partial charge < -0.3 is 10.1 Å². The van der Waals surface area contributed by atoms with Crippen molar-refractivity contribution in [2.75, 3.05) is 13.1 Å². The van der Waals surface area contributed by atoms with Gasteiger partial charge in [0.15, 0.2) is 0 Å². The molecule has 1 aromatic carbocycles. The molecule has 1 fully saturated rings. The monoisotopic (exact) mass is 243 g/mol. The molecule has 0 saturated carbocycles. The molecule has 0 amide bonds. The highest BCUT2D eigenvalue weighted by Crippen LogP contribution is 2.39. The summed E-state index contributed by atoms with van der Waals surface area (Å²) in [6.07, 6.45) is 0.301. The van der Waals surface area contributed by atoms with Crippen LogP contribution in [0.3, 0.4) is 0 Å². The summed E-state index contributed by atoms with van der Waals surface area (Å²) in [4.78, 5) is 0. The van der Waals surface area contributed by atoms with E-state index in [2.05, 4.69) is 11.4 Å². The smallest absolute Gasteiger partial charge is 0.0784 e. The Hall–Kier alpha value is -0.280. The lowest BCUT2D eigenvalue weighted by molar-refractivity contribution is 0.0300. The lowest BCUT2D eigenvalue weighted by Gasteiger charge is -2.28. The predicted octanol–water partition coefficient (Wildman–Crippen LogP) is 2.58. The van der Waals surface area contributed by atoms with E-state index in [1.165, 1.54) is 5.56 Å². The first-order valence-corrected chi connectivity index (χ1v) is 5.82. The highest BCUT2D eigenvalue weighted by Gasteiger charge is 2.35. The number of hydrogen-bond acceptors (Lipinski definition) is 2. The number of nitrogens with one attached hydrogen (secondary N) is 1. The molecule has 2 aliphatic heterocycles. The first-order valence-electron chi connectivity index (χ1n) is 5.06. The summed E-state index contributed by atoms with van der Waals surface area (Å²) in [6, 6.07) is 3.96. The molecular weight excluding hydrogens is 233 g/mol. The number of benzene rings is 1. The Balaban J connectivity index is 2.11. The van der Waals surface area contributed by atoms with E-state index in [4.69, 9.17) is 27.9 Å². The molecule has 2 aliphatic rings. The van der Waals surface area contributed by atoms with Crippen molar-refractivity contribution < 1.29 is 4.74 Å². The molecule has 0 radical (unpaired) electrons. The summed E-state index contributed by atoms with van der Waals surface area (Å²) in [5, 5.41) is 4.60. The minimum atomic E-state index is 0.301. The largest absolute Gasteiger partial charge is 0.371 e. The Morgan fingerprint density at radius 2 is 2.13 bits per heavy atom. The highest BCUT2D eigenvalue weighted by atomic mass is 35.5. The third-order valence-electron chi connectivity index (χ3n) is 3.23. The van der Waals surface area contributed by atoms with E-state index in [1.807, 2.05) is 6.07 Å². The number of hydrogen-bond donors (Lipinski definition) is 1. The number of fused-ring (bicyclic) bond motifs is 3. The van der Waals surface area contributed by atoms with E-state index in [0.717, 1.165) is 18.7 Å². The summed E-state index contributed by atoms with van der Waals surface area (Å²) in [5.74, 6) is 0.434. The third kappa shape index (κ3) is 1.48. The van der Waals surface area contributed by atoms with Gasteiger partial charge in [-0.15, -0.1) is 0 Å². The van der Waals surface area contributed by atoms with E-state index in [-0.39, 0.29) is 0 Å². The number of rotatable bonds is 0. The molecule has 80 valence electrons. The maximum atomic E-state index is 6.17. The van der Waals surface area contributed by atoms with Crippen molar-refractivity contribution in [3.8, 4) is 0 Å². The first-order chi connectivity index (χ1) is 7.27. The van der Waals surface area contributed by atoms with E-state index < -0.39 is 0 Å². The van der Waals surface area contributed by atoms with Gasteiger partial charge in [0.05, 0.1) is 22.8 Å². The van der Waals surface area contributed by atoms with Crippen LogP contribution in [0, 0.1) is 0 Å². The first kappa shape index (κ1) is 9.91. The van der Waals surface area contributed by atoms with Gasteiger partial charge in [-0.25, -0.2) is 0 Å². The predicted molar refractivity (Wildman–Crippen MR) is 60.6 cm³/mol. The molecule has 1 saturated heterocycles. The zero-order chi connectivity index (χ0) is 10.4. The van der Waals surface area contributed by atoms with Crippen molar-refractivity contribution in [3.05, 3.63) is 33.3 Å². The summed E-state index contributed by atoms with van der Waals surface area (Å²) in [6.45, 7) is 2.48. The Kier molecular flexibility index (Phi) is 2.40. The second-order valence-corrected chi connectivity index (χ2v) is 4.83. The molecular formula is C11H11Cl2NO. The van der Waals surface area contributed by atoms with Crippen molar-refractivity contribution in [1.82, 2.24) is 5.32 Å². The average molecular weight is 244 g/mol. The standard InChI is InChI=1S/C11H11Cl2NO/c12-9-2-1-6-7-3-14-4-10(7)15-5-8(6)11(9)13/h1-2,7,10,14H,3-5H2/t7-,10-/m1/s1. The van der Waals surface area contributed by atoms with Crippen LogP contribution < -0.4 is 5.32 Å². The molecule has 0 unspecified atom stereocenters. The third-order valence-corrected chi connectivity index (χ3v) is 4.08. The van der Waals surface area contributed by atoms with Crippen molar-refractivity contribution in [2.24, 2.45) is 0 Å². The minimum absolute atomic E-state index is 0.301. The molecule has 15 heavy (non-hydrogen) atoms. The zero-order valence-electron chi connectivity index (χ0n) is 8.09. The molecule has 0 spiro atoms. The summed E-state index contributed by atoms with van der Waals surface area (Å²) >= 11 is 12.2. The van der Waals surface area contributed by atoms with Crippen molar-refractivity contribution in [1.29, 1.82) is 0 Å². The molecule has 4 heteroatoms. The minimum Gasteiger partial charge on any atom is -0.371 e. The Labute approximate surface area is 98.5 Å². The molecule has 1 aromatic rings. The van der Waals surface area contributed by atoms with Gasteiger partial charge >= 0.3 is 0 Å². The van der Waals surface area contributed by atoms with Crippen LogP contribution in [0.1, 0.15) is 17.0 Å². The zero-order valence-corrected chi connectivity index (χ0v) is 9.61. The Morgan fingerprint density at radius 1 is 1.27 bits per heavy atom. The van der Waals surface area contributed by atoms with Gasteiger partial charge in [-0.3, -0.25) is 0 Å². The molecule has 0 aromatic heterocycles. The van der Waals surface area contributed by atoms with Crippen molar-refractivity contribution >= 4 is 23.2 Å². The Morgan fingerprint density at radius 3 is 3.00 bits per heavy atom. The molecule has 2 nitrogen and oxygen atoms in total. The average Bonchev–Trinajstić information content (AvgIpc) is 2.71. The lowest BCUT2D eigenvalue weighted by Crippen LogP contribution is -2.27. The summed E-state index contributed by atoms with van der Waals surface area (Å²) < 4.78 is 5.76. The maximum absolute atomic E-state index is 6.17. The van der Waals surface area contributed by atoms with Crippen LogP contribution in [-0.4, -0.2) is 19.2 Å². The highest BCUT2D eigenvalue weighted by molar-refractivity contribution is 6.42. The van der Waals surface area contributed by atoms with Gasteiger partial charge in [-0.1, -0.05) is 29.3 Å². The van der Waals surface area contributed by atoms with Crippen LogP contribution in [0.4, 0.5) is 0 Å². The molecule has 0 bridgehead atoms. The summed E-state index contributed by atoms with van der Waals surface area (Å²) in [5.41, 5.74) is 2.36. The van der Waals surface area contributed by atoms with Crippen LogP contribution in [-0.2, 0) is 11.3 Å². The van der Waals surface area contributed by atoms with Crippen LogP contribution >= 0.6 is 23.2 Å². The molecule has 1 N–H and O–H groups in total. The van der Waals surface area contributed by atoms with Crippen molar-refractivity contribution in [2.45, 2.75) is 18.6 Å². The van der Waals surface area contributed by atoms with Crippen LogP contribution in [0.5, 0.6) is 0 Å². The quantitative estimate of drug-likeness (QED) is 0.757. The van der Waals surface area contributed by atoms with Gasteiger partial charge in [0.25, 0.3) is 0 Å². The second-order valence-electron chi connectivity index (χ2n) is 4.04. The van der Waals surface area contributed by atoms with Crippen LogP contribution in [0.15, 0.2) is 12.1 Å². The van der Waals surface area contributed by atoms with Gasteiger partial charge in [-0.2, -0.15) is 0 Å². The number of halogens is 2. The van der Waals surface area contributed by atoms with E-state index in [9.17, 15) is 0 Å². The van der Waals surface area contributed by atoms with E-state index in [1.54, 1.807) is 0 Å². The fraction of sp³-hybridized carbons (Fsp3) is 0.455. The normalized spacial score (nSPS) is 28.7. The van der Waals surface area contributed by atoms with E-state index >= 15 is 0 Å². The van der Waals surface area contributed by atoms with Crippen LogP contribution in [0.25, 0.3) is 0 Å². The van der Waals surface area contributed by atoms with Crippen LogP contribution in [0.2, 0.25) is 10.0 Å². The SMILES string of the molecule is Clc1ccc2c(c1Cl)CO[C@@H]1CNC[C@H]21. The van der Waals surface area contributed by atoms with Crippen molar-refractivity contribution in [3.63, 3.8) is 0 Å². The molecule has 2 heterocycles. The second kappa shape index (κ2) is 3.63. The topological polar surface area (TPSA) is 21.3 Å². The number of ether oxygens (including phenoxy) is 1. The molecule has 0 aliphatic carbocycles. The van der Waals surface area contributed by atoms with Gasteiger partial charge in [-0.05, 0) is 11.6 Å². The molecule has 2 atom stereocenters. The fourth-order valence-electron chi connectivity index (χ4n) is 2.43. The van der Waals surface area contributed by atoms with Gasteiger partial charge in [0, 0.05) is 24.6 Å². The van der Waals surface area contributed by atoms with E-state index in [0.29, 0.717) is 28.7 Å². The fourth-order valence-corrected chi connectivity index (χ4v) is 2.84. The molecule has 3 rings (SSSR count). The van der Waals surface area contributed by atoms with Gasteiger partial charge in [0.1, 0.15) is 0 Å². The maximum Gasteiger partial charge on any atom is 0.0784 e. The lowest BCUT2D eigenvalue weighted by atomic mass is 9.90. The summed E-state index contributed by atoms with van der Waals surface area (Å²) in [7, 11) is 0.